The Bertz CT molecular complexity index is 396. The monoisotopic (exact) mass is 253 g/mol. The van der Waals surface area contributed by atoms with Gasteiger partial charge in [0.1, 0.15) is 0 Å². The molecule has 0 radical (unpaired) electrons. The predicted molar refractivity (Wildman–Crippen MR) is 71.4 cm³/mol. The maximum absolute atomic E-state index is 10.7. The molecule has 94 valence electrons. The standard InChI is InChI=1S/C14H20ClNO/c1-11-9-14(17,7-8-16(11)2)10-12-5-3-4-6-13(12)15/h3-6,11,17H,7-10H2,1-2H3. The van der Waals surface area contributed by atoms with Gasteiger partial charge in [0.15, 0.2) is 0 Å². The Hall–Kier alpha value is -0.570. The average molecular weight is 254 g/mol. The van der Waals surface area contributed by atoms with Crippen molar-refractivity contribution in [2.75, 3.05) is 13.6 Å². The summed E-state index contributed by atoms with van der Waals surface area (Å²) in [6, 6.07) is 8.22. The smallest absolute Gasteiger partial charge is 0.0715 e. The van der Waals surface area contributed by atoms with Crippen molar-refractivity contribution in [1.82, 2.24) is 4.90 Å². The molecule has 2 rings (SSSR count). The number of hydrogen-bond acceptors (Lipinski definition) is 2. The summed E-state index contributed by atoms with van der Waals surface area (Å²) in [7, 11) is 2.11. The summed E-state index contributed by atoms with van der Waals surface area (Å²) in [4.78, 5) is 2.29. The molecule has 1 aliphatic rings. The molecule has 0 spiro atoms. The van der Waals surface area contributed by atoms with Gasteiger partial charge >= 0.3 is 0 Å². The minimum atomic E-state index is -0.600. The van der Waals surface area contributed by atoms with Crippen LogP contribution in [-0.4, -0.2) is 35.2 Å². The summed E-state index contributed by atoms with van der Waals surface area (Å²) in [5, 5.41) is 11.4. The molecule has 3 heteroatoms. The third kappa shape index (κ3) is 3.01. The van der Waals surface area contributed by atoms with Gasteiger partial charge in [0.25, 0.3) is 0 Å². The van der Waals surface area contributed by atoms with E-state index in [9.17, 15) is 5.11 Å². The molecule has 1 N–H and O–H groups in total. The molecule has 0 amide bonds. The van der Waals surface area contributed by atoms with Gasteiger partial charge in [-0.1, -0.05) is 29.8 Å². The number of benzene rings is 1. The third-order valence-corrected chi connectivity index (χ3v) is 4.20. The number of piperidine rings is 1. The topological polar surface area (TPSA) is 23.5 Å². The van der Waals surface area contributed by atoms with E-state index in [1.54, 1.807) is 0 Å². The first-order valence-electron chi connectivity index (χ1n) is 6.16. The van der Waals surface area contributed by atoms with Crippen molar-refractivity contribution in [3.8, 4) is 0 Å². The average Bonchev–Trinajstić information content (AvgIpc) is 2.28. The van der Waals surface area contributed by atoms with Crippen LogP contribution in [0.25, 0.3) is 0 Å². The van der Waals surface area contributed by atoms with Gasteiger partial charge < -0.3 is 10.0 Å². The molecule has 0 saturated carbocycles. The Balaban J connectivity index is 2.10. The highest BCUT2D eigenvalue weighted by molar-refractivity contribution is 6.31. The second kappa shape index (κ2) is 4.97. The molecule has 1 aliphatic heterocycles. The number of nitrogens with zero attached hydrogens (tertiary/aromatic N) is 1. The largest absolute Gasteiger partial charge is 0.389 e. The molecule has 0 bridgehead atoms. The van der Waals surface area contributed by atoms with Crippen molar-refractivity contribution < 1.29 is 5.11 Å². The zero-order valence-corrected chi connectivity index (χ0v) is 11.2. The number of hydrogen-bond donors (Lipinski definition) is 1. The van der Waals surface area contributed by atoms with Gasteiger partial charge in [-0.3, -0.25) is 0 Å². The van der Waals surface area contributed by atoms with E-state index in [0.717, 1.165) is 30.0 Å². The van der Waals surface area contributed by atoms with E-state index in [2.05, 4.69) is 18.9 Å². The maximum atomic E-state index is 10.7. The van der Waals surface area contributed by atoms with E-state index < -0.39 is 5.60 Å². The lowest BCUT2D eigenvalue weighted by atomic mass is 9.82. The molecule has 1 aromatic rings. The molecule has 17 heavy (non-hydrogen) atoms. The molecule has 2 unspecified atom stereocenters. The van der Waals surface area contributed by atoms with E-state index in [1.165, 1.54) is 0 Å². The van der Waals surface area contributed by atoms with Gasteiger partial charge in [-0.25, -0.2) is 0 Å². The molecule has 1 aromatic carbocycles. The lowest BCUT2D eigenvalue weighted by Crippen LogP contribution is -2.48. The summed E-state index contributed by atoms with van der Waals surface area (Å²) >= 11 is 6.15. The van der Waals surface area contributed by atoms with Gasteiger partial charge in [0.05, 0.1) is 5.60 Å². The molecule has 1 heterocycles. The van der Waals surface area contributed by atoms with E-state index in [4.69, 9.17) is 11.6 Å². The Morgan fingerprint density at radius 3 is 2.82 bits per heavy atom. The number of aliphatic hydroxyl groups is 1. The van der Waals surface area contributed by atoms with Crippen LogP contribution < -0.4 is 0 Å². The van der Waals surface area contributed by atoms with Crippen molar-refractivity contribution in [3.63, 3.8) is 0 Å². The Morgan fingerprint density at radius 2 is 2.18 bits per heavy atom. The van der Waals surface area contributed by atoms with Crippen LogP contribution in [0.1, 0.15) is 25.3 Å². The van der Waals surface area contributed by atoms with E-state index >= 15 is 0 Å². The van der Waals surface area contributed by atoms with Gasteiger partial charge in [-0.15, -0.1) is 0 Å². The Morgan fingerprint density at radius 1 is 1.47 bits per heavy atom. The summed E-state index contributed by atoms with van der Waals surface area (Å²) in [6.07, 6.45) is 2.29. The molecular formula is C14H20ClNO. The Labute approximate surface area is 108 Å². The van der Waals surface area contributed by atoms with Crippen molar-refractivity contribution in [2.45, 2.75) is 37.8 Å². The quantitative estimate of drug-likeness (QED) is 0.876. The lowest BCUT2D eigenvalue weighted by molar-refractivity contribution is -0.0353. The van der Waals surface area contributed by atoms with Crippen LogP contribution in [0.2, 0.25) is 5.02 Å². The van der Waals surface area contributed by atoms with Crippen molar-refractivity contribution in [3.05, 3.63) is 34.9 Å². The first-order chi connectivity index (χ1) is 8.00. The predicted octanol–water partition coefficient (Wildman–Crippen LogP) is 2.73. The highest BCUT2D eigenvalue weighted by atomic mass is 35.5. The maximum Gasteiger partial charge on any atom is 0.0715 e. The number of likely N-dealkylation sites (tertiary alicyclic amines) is 1. The van der Waals surface area contributed by atoms with Gasteiger partial charge in [-0.05, 0) is 38.4 Å². The number of rotatable bonds is 2. The second-order valence-corrected chi connectivity index (χ2v) is 5.68. The zero-order valence-electron chi connectivity index (χ0n) is 10.5. The Kier molecular flexibility index (Phi) is 3.76. The molecule has 1 fully saturated rings. The fourth-order valence-electron chi connectivity index (χ4n) is 2.57. The SMILES string of the molecule is CC1CC(O)(Cc2ccccc2Cl)CCN1C. The zero-order chi connectivity index (χ0) is 12.5. The molecule has 0 aliphatic carbocycles. The number of halogens is 1. The minimum Gasteiger partial charge on any atom is -0.389 e. The van der Waals surface area contributed by atoms with Gasteiger partial charge in [0.2, 0.25) is 0 Å². The summed E-state index contributed by atoms with van der Waals surface area (Å²) in [6.45, 7) is 3.11. The van der Waals surface area contributed by atoms with Crippen molar-refractivity contribution in [2.24, 2.45) is 0 Å². The van der Waals surface area contributed by atoms with Gasteiger partial charge in [-0.2, -0.15) is 0 Å². The second-order valence-electron chi connectivity index (χ2n) is 5.28. The van der Waals surface area contributed by atoms with Crippen LogP contribution in [0.4, 0.5) is 0 Å². The van der Waals surface area contributed by atoms with Crippen LogP contribution in [0.5, 0.6) is 0 Å². The van der Waals surface area contributed by atoms with Crippen molar-refractivity contribution in [1.29, 1.82) is 0 Å². The van der Waals surface area contributed by atoms with E-state index in [-0.39, 0.29) is 0 Å². The van der Waals surface area contributed by atoms with Crippen LogP contribution in [-0.2, 0) is 6.42 Å². The molecule has 2 atom stereocenters. The van der Waals surface area contributed by atoms with E-state index in [1.807, 2.05) is 24.3 Å². The lowest BCUT2D eigenvalue weighted by Gasteiger charge is -2.41. The fraction of sp³-hybridized carbons (Fsp3) is 0.571. The fourth-order valence-corrected chi connectivity index (χ4v) is 2.77. The molecule has 2 nitrogen and oxygen atoms in total. The summed E-state index contributed by atoms with van der Waals surface area (Å²) in [5.41, 5.74) is 0.449. The van der Waals surface area contributed by atoms with Crippen LogP contribution >= 0.6 is 11.6 Å². The molecule has 0 aromatic heterocycles. The first kappa shape index (κ1) is 12.9. The van der Waals surface area contributed by atoms with Crippen LogP contribution in [0.3, 0.4) is 0 Å². The highest BCUT2D eigenvalue weighted by Gasteiger charge is 2.35. The molecular weight excluding hydrogens is 234 g/mol. The molecule has 1 saturated heterocycles. The van der Waals surface area contributed by atoms with Crippen molar-refractivity contribution >= 4 is 11.6 Å². The van der Waals surface area contributed by atoms with E-state index in [0.29, 0.717) is 12.5 Å². The summed E-state index contributed by atoms with van der Waals surface area (Å²) in [5.74, 6) is 0. The van der Waals surface area contributed by atoms with Gasteiger partial charge in [0, 0.05) is 24.0 Å². The van der Waals surface area contributed by atoms with Crippen LogP contribution in [0.15, 0.2) is 24.3 Å². The third-order valence-electron chi connectivity index (χ3n) is 3.84. The minimum absolute atomic E-state index is 0.427. The van der Waals surface area contributed by atoms with Crippen LogP contribution in [0, 0.1) is 0 Å². The first-order valence-corrected chi connectivity index (χ1v) is 6.54. The highest BCUT2D eigenvalue weighted by Crippen LogP contribution is 2.31. The summed E-state index contributed by atoms with van der Waals surface area (Å²) < 4.78 is 0. The normalized spacial score (nSPS) is 30.5.